The summed E-state index contributed by atoms with van der Waals surface area (Å²) in [6, 6.07) is 0.223. The Kier molecular flexibility index (Phi) is 6.44. The molecule has 1 rings (SSSR count). The van der Waals surface area contributed by atoms with E-state index in [-0.39, 0.29) is 11.8 Å². The minimum absolute atomic E-state index is 0.223. The molecule has 1 saturated heterocycles. The Balaban J connectivity index is 2.64. The lowest BCUT2D eigenvalue weighted by atomic mass is 10.1. The van der Waals surface area contributed by atoms with Gasteiger partial charge in [0.15, 0.2) is 0 Å². The predicted octanol–water partition coefficient (Wildman–Crippen LogP) is 1.71. The number of hydrogen-bond donors (Lipinski definition) is 1. The summed E-state index contributed by atoms with van der Waals surface area (Å²) in [6.45, 7) is 3.37. The first-order valence-electron chi connectivity index (χ1n) is 6.81. The van der Waals surface area contributed by atoms with Gasteiger partial charge in [-0.25, -0.2) is 8.42 Å². The molecule has 4 nitrogen and oxygen atoms in total. The Morgan fingerprint density at radius 1 is 1.24 bits per heavy atom. The van der Waals surface area contributed by atoms with Crippen LogP contribution in [0.1, 0.15) is 51.9 Å². The van der Waals surface area contributed by atoms with E-state index >= 15 is 0 Å². The van der Waals surface area contributed by atoms with E-state index < -0.39 is 10.0 Å². The van der Waals surface area contributed by atoms with Gasteiger partial charge in [0.05, 0.1) is 5.75 Å². The van der Waals surface area contributed by atoms with E-state index in [4.69, 9.17) is 5.73 Å². The third-order valence-electron chi connectivity index (χ3n) is 3.51. The third-order valence-corrected chi connectivity index (χ3v) is 5.51. The molecular formula is C12H26N2O2S. The molecular weight excluding hydrogens is 236 g/mol. The molecule has 0 saturated carbocycles. The Morgan fingerprint density at radius 3 is 2.65 bits per heavy atom. The van der Waals surface area contributed by atoms with Crippen LogP contribution < -0.4 is 5.73 Å². The number of nitrogens with two attached hydrogens (primary N) is 1. The highest BCUT2D eigenvalue weighted by molar-refractivity contribution is 7.89. The minimum atomic E-state index is -3.06. The van der Waals surface area contributed by atoms with Crippen LogP contribution in [0.2, 0.25) is 0 Å². The SMILES string of the molecule is CCC1CCCCCN1S(=O)(=O)CCCCN. The highest BCUT2D eigenvalue weighted by Gasteiger charge is 2.29. The summed E-state index contributed by atoms with van der Waals surface area (Å²) in [6.07, 6.45) is 6.75. The van der Waals surface area contributed by atoms with Gasteiger partial charge in [0.25, 0.3) is 0 Å². The zero-order chi connectivity index (χ0) is 12.7. The van der Waals surface area contributed by atoms with Gasteiger partial charge in [0, 0.05) is 12.6 Å². The van der Waals surface area contributed by atoms with Gasteiger partial charge in [-0.3, -0.25) is 0 Å². The monoisotopic (exact) mass is 262 g/mol. The zero-order valence-electron chi connectivity index (χ0n) is 10.9. The Hall–Kier alpha value is -0.130. The zero-order valence-corrected chi connectivity index (χ0v) is 11.7. The molecule has 17 heavy (non-hydrogen) atoms. The van der Waals surface area contributed by atoms with E-state index in [0.29, 0.717) is 19.5 Å². The smallest absolute Gasteiger partial charge is 0.214 e. The van der Waals surface area contributed by atoms with Crippen molar-refractivity contribution in [1.82, 2.24) is 4.31 Å². The first kappa shape index (κ1) is 14.9. The summed E-state index contributed by atoms with van der Waals surface area (Å²) in [7, 11) is -3.06. The van der Waals surface area contributed by atoms with Gasteiger partial charge in [-0.15, -0.1) is 0 Å². The molecule has 0 amide bonds. The third kappa shape index (κ3) is 4.56. The number of unbranched alkanes of at least 4 members (excludes halogenated alkanes) is 1. The van der Waals surface area contributed by atoms with Crippen molar-refractivity contribution in [3.05, 3.63) is 0 Å². The van der Waals surface area contributed by atoms with Crippen LogP contribution >= 0.6 is 0 Å². The highest BCUT2D eigenvalue weighted by atomic mass is 32.2. The predicted molar refractivity (Wildman–Crippen MR) is 71.3 cm³/mol. The lowest BCUT2D eigenvalue weighted by molar-refractivity contribution is 0.314. The van der Waals surface area contributed by atoms with Crippen LogP contribution in [-0.2, 0) is 10.0 Å². The van der Waals surface area contributed by atoms with Crippen LogP contribution in [0.3, 0.4) is 0 Å². The first-order valence-corrected chi connectivity index (χ1v) is 8.42. The summed E-state index contributed by atoms with van der Waals surface area (Å²) >= 11 is 0. The molecule has 1 heterocycles. The first-order chi connectivity index (χ1) is 8.11. The van der Waals surface area contributed by atoms with E-state index in [1.807, 2.05) is 0 Å². The fourth-order valence-electron chi connectivity index (χ4n) is 2.47. The number of rotatable bonds is 6. The fourth-order valence-corrected chi connectivity index (χ4v) is 4.39. The molecule has 5 heteroatoms. The second-order valence-corrected chi connectivity index (χ2v) is 6.88. The summed E-state index contributed by atoms with van der Waals surface area (Å²) in [5, 5.41) is 0. The largest absolute Gasteiger partial charge is 0.330 e. The van der Waals surface area contributed by atoms with Crippen molar-refractivity contribution in [2.24, 2.45) is 5.73 Å². The average Bonchev–Trinajstić information content (AvgIpc) is 2.54. The van der Waals surface area contributed by atoms with Crippen LogP contribution in [0.25, 0.3) is 0 Å². The lowest BCUT2D eigenvalue weighted by Crippen LogP contribution is -2.41. The van der Waals surface area contributed by atoms with Gasteiger partial charge >= 0.3 is 0 Å². The number of sulfonamides is 1. The van der Waals surface area contributed by atoms with E-state index in [0.717, 1.165) is 38.5 Å². The van der Waals surface area contributed by atoms with E-state index in [9.17, 15) is 8.42 Å². The molecule has 1 fully saturated rings. The summed E-state index contributed by atoms with van der Waals surface area (Å²) in [5.74, 6) is 0.265. The van der Waals surface area contributed by atoms with Gasteiger partial charge in [0.1, 0.15) is 0 Å². The molecule has 1 aliphatic rings. The van der Waals surface area contributed by atoms with Gasteiger partial charge in [-0.1, -0.05) is 19.8 Å². The molecule has 0 spiro atoms. The van der Waals surface area contributed by atoms with Crippen LogP contribution in [0.4, 0.5) is 0 Å². The topological polar surface area (TPSA) is 63.4 Å². The molecule has 102 valence electrons. The van der Waals surface area contributed by atoms with Crippen molar-refractivity contribution < 1.29 is 8.42 Å². The average molecular weight is 262 g/mol. The van der Waals surface area contributed by atoms with Crippen molar-refractivity contribution in [3.8, 4) is 0 Å². The second kappa shape index (κ2) is 7.34. The molecule has 0 aromatic heterocycles. The van der Waals surface area contributed by atoms with Crippen molar-refractivity contribution in [3.63, 3.8) is 0 Å². The number of hydrogen-bond acceptors (Lipinski definition) is 3. The lowest BCUT2D eigenvalue weighted by Gasteiger charge is -2.28. The van der Waals surface area contributed by atoms with Crippen molar-refractivity contribution in [2.45, 2.75) is 57.9 Å². The van der Waals surface area contributed by atoms with Crippen molar-refractivity contribution >= 4 is 10.0 Å². The maximum Gasteiger partial charge on any atom is 0.214 e. The maximum atomic E-state index is 12.3. The summed E-state index contributed by atoms with van der Waals surface area (Å²) < 4.78 is 26.3. The molecule has 0 bridgehead atoms. The Bertz CT molecular complexity index is 304. The van der Waals surface area contributed by atoms with Gasteiger partial charge in [0.2, 0.25) is 10.0 Å². The second-order valence-electron chi connectivity index (χ2n) is 4.83. The van der Waals surface area contributed by atoms with Crippen molar-refractivity contribution in [1.29, 1.82) is 0 Å². The van der Waals surface area contributed by atoms with Crippen LogP contribution in [0, 0.1) is 0 Å². The maximum absolute atomic E-state index is 12.3. The normalized spacial score (nSPS) is 23.5. The van der Waals surface area contributed by atoms with E-state index in [2.05, 4.69) is 6.92 Å². The minimum Gasteiger partial charge on any atom is -0.330 e. The van der Waals surface area contributed by atoms with E-state index in [1.165, 1.54) is 0 Å². The molecule has 1 atom stereocenters. The molecule has 2 N–H and O–H groups in total. The molecule has 0 aliphatic carbocycles. The molecule has 1 aliphatic heterocycles. The van der Waals surface area contributed by atoms with Crippen LogP contribution in [0.15, 0.2) is 0 Å². The van der Waals surface area contributed by atoms with Crippen LogP contribution in [0.5, 0.6) is 0 Å². The van der Waals surface area contributed by atoms with Crippen molar-refractivity contribution in [2.75, 3.05) is 18.8 Å². The summed E-state index contributed by atoms with van der Waals surface area (Å²) in [5.41, 5.74) is 5.41. The van der Waals surface area contributed by atoms with Gasteiger partial charge < -0.3 is 5.73 Å². The fraction of sp³-hybridized carbons (Fsp3) is 1.00. The summed E-state index contributed by atoms with van der Waals surface area (Å²) in [4.78, 5) is 0. The van der Waals surface area contributed by atoms with Crippen LogP contribution in [-0.4, -0.2) is 37.6 Å². The molecule has 0 aromatic carbocycles. The standard InChI is InChI=1S/C12H26N2O2S/c1-2-12-8-4-3-6-10-14(12)17(15,16)11-7-5-9-13/h12H,2-11,13H2,1H3. The molecule has 0 radical (unpaired) electrons. The highest BCUT2D eigenvalue weighted by Crippen LogP contribution is 2.22. The molecule has 0 aromatic rings. The van der Waals surface area contributed by atoms with Gasteiger partial charge in [-0.05, 0) is 38.6 Å². The molecule has 1 unspecified atom stereocenters. The van der Waals surface area contributed by atoms with E-state index in [1.54, 1.807) is 4.31 Å². The quantitative estimate of drug-likeness (QED) is 0.741. The Labute approximate surface area is 106 Å². The van der Waals surface area contributed by atoms with Gasteiger partial charge in [-0.2, -0.15) is 4.31 Å². The number of nitrogens with zero attached hydrogens (tertiary/aromatic N) is 1. The Morgan fingerprint density at radius 2 is 2.00 bits per heavy atom.